The summed E-state index contributed by atoms with van der Waals surface area (Å²) in [6.07, 6.45) is 0.721. The maximum Gasteiger partial charge on any atom is 0.179 e. The van der Waals surface area contributed by atoms with Gasteiger partial charge in [0, 0.05) is 11.8 Å². The lowest BCUT2D eigenvalue weighted by molar-refractivity contribution is 0.305. The van der Waals surface area contributed by atoms with E-state index in [0.29, 0.717) is 0 Å². The van der Waals surface area contributed by atoms with Gasteiger partial charge < -0.3 is 0 Å². The van der Waals surface area contributed by atoms with E-state index >= 15 is 0 Å². The van der Waals surface area contributed by atoms with E-state index in [4.69, 9.17) is 0 Å². The summed E-state index contributed by atoms with van der Waals surface area (Å²) in [4.78, 5) is 1.66. The van der Waals surface area contributed by atoms with E-state index in [0.717, 1.165) is 17.6 Å². The van der Waals surface area contributed by atoms with Gasteiger partial charge in [-0.1, -0.05) is 40.2 Å². The minimum Gasteiger partial charge on any atom is -0.159 e. The van der Waals surface area contributed by atoms with Crippen LogP contribution in [-0.2, 0) is 17.3 Å². The number of hydrogen-bond donors (Lipinski definition) is 0. The minimum atomic E-state index is -0.120. The van der Waals surface area contributed by atoms with E-state index < -0.39 is 0 Å². The summed E-state index contributed by atoms with van der Waals surface area (Å²) in [5, 5.41) is 13.5. The molecule has 2 aromatic rings. The van der Waals surface area contributed by atoms with Crippen LogP contribution < -0.4 is 0 Å². The molecule has 18 heavy (non-hydrogen) atoms. The largest absolute Gasteiger partial charge is 0.179 e. The zero-order valence-corrected chi connectivity index (χ0v) is 12.5. The number of halogens is 1. The van der Waals surface area contributed by atoms with Crippen molar-refractivity contribution in [3.8, 4) is 0 Å². The van der Waals surface area contributed by atoms with Crippen LogP contribution in [0.5, 0.6) is 0 Å². The maximum atomic E-state index is 4.40. The maximum absolute atomic E-state index is 4.40. The predicted octanol–water partition coefficient (Wildman–Crippen LogP) is 2.91. The van der Waals surface area contributed by atoms with Crippen LogP contribution in [0, 0.1) is 0 Å². The molecule has 1 aromatic carbocycles. The third-order valence-corrected chi connectivity index (χ3v) is 3.24. The van der Waals surface area contributed by atoms with E-state index in [9.17, 15) is 0 Å². The van der Waals surface area contributed by atoms with Crippen molar-refractivity contribution >= 4 is 15.9 Å². The first kappa shape index (κ1) is 13.2. The van der Waals surface area contributed by atoms with Gasteiger partial charge in [0.1, 0.15) is 0 Å². The fraction of sp³-hybridized carbons (Fsp3) is 0.462. The number of alkyl halides is 1. The molecule has 0 aliphatic rings. The first-order valence-corrected chi connectivity index (χ1v) is 7.04. The van der Waals surface area contributed by atoms with Crippen LogP contribution in [0.1, 0.15) is 37.7 Å². The predicted molar refractivity (Wildman–Crippen MR) is 74.7 cm³/mol. The molecule has 5 heteroatoms. The molecular weight excluding hydrogens is 292 g/mol. The quantitative estimate of drug-likeness (QED) is 0.819. The average Bonchev–Trinajstić information content (AvgIpc) is 2.78. The second-order valence-electron chi connectivity index (χ2n) is 5.29. The summed E-state index contributed by atoms with van der Waals surface area (Å²) in [5.41, 5.74) is 2.35. The van der Waals surface area contributed by atoms with Crippen LogP contribution in [-0.4, -0.2) is 20.2 Å². The van der Waals surface area contributed by atoms with Crippen LogP contribution >= 0.6 is 15.9 Å². The molecule has 0 saturated carbocycles. The molecule has 0 aliphatic carbocycles. The summed E-state index contributed by atoms with van der Waals surface area (Å²) in [6.45, 7) is 6.18. The van der Waals surface area contributed by atoms with E-state index in [1.807, 2.05) is 0 Å². The lowest BCUT2D eigenvalue weighted by Gasteiger charge is -2.15. The minimum absolute atomic E-state index is 0.120. The third kappa shape index (κ3) is 3.16. The van der Waals surface area contributed by atoms with Crippen LogP contribution in [0.2, 0.25) is 0 Å². The molecule has 0 spiro atoms. The number of tetrazole rings is 1. The number of hydrogen-bond acceptors (Lipinski definition) is 3. The van der Waals surface area contributed by atoms with Gasteiger partial charge in [0.15, 0.2) is 5.82 Å². The molecule has 1 aromatic heterocycles. The molecule has 1 heterocycles. The molecule has 0 radical (unpaired) electrons. The molecule has 4 nitrogen and oxygen atoms in total. The molecule has 0 bridgehead atoms. The molecule has 0 unspecified atom stereocenters. The van der Waals surface area contributed by atoms with Gasteiger partial charge in [-0.3, -0.25) is 0 Å². The van der Waals surface area contributed by atoms with Crippen molar-refractivity contribution in [1.29, 1.82) is 0 Å². The Bertz CT molecular complexity index is 511. The summed E-state index contributed by atoms with van der Waals surface area (Å²) in [7, 11) is 0. The summed E-state index contributed by atoms with van der Waals surface area (Å²) in [5.74, 6) is 0.761. The van der Waals surface area contributed by atoms with E-state index in [1.54, 1.807) is 4.80 Å². The monoisotopic (exact) mass is 308 g/mol. The number of rotatable bonds is 3. The Labute approximate surface area is 116 Å². The van der Waals surface area contributed by atoms with Gasteiger partial charge >= 0.3 is 0 Å². The van der Waals surface area contributed by atoms with Gasteiger partial charge in [-0.25, -0.2) is 0 Å². The lowest BCUT2D eigenvalue weighted by Crippen LogP contribution is -2.24. The Morgan fingerprint density at radius 2 is 1.72 bits per heavy atom. The lowest BCUT2D eigenvalue weighted by atomic mass is 10.1. The molecule has 2 rings (SSSR count). The van der Waals surface area contributed by atoms with Crippen molar-refractivity contribution in [2.24, 2.45) is 0 Å². The summed E-state index contributed by atoms with van der Waals surface area (Å²) < 4.78 is 0. The smallest absolute Gasteiger partial charge is 0.159 e. The number of nitrogens with zero attached hydrogens (tertiary/aromatic N) is 4. The first-order valence-electron chi connectivity index (χ1n) is 5.92. The van der Waals surface area contributed by atoms with Crippen LogP contribution in [0.15, 0.2) is 24.3 Å². The van der Waals surface area contributed by atoms with Gasteiger partial charge in [0.05, 0.1) is 5.54 Å². The van der Waals surface area contributed by atoms with Crippen LogP contribution in [0.3, 0.4) is 0 Å². The zero-order chi connectivity index (χ0) is 13.2. The fourth-order valence-corrected chi connectivity index (χ4v) is 1.90. The second-order valence-corrected chi connectivity index (χ2v) is 5.85. The highest BCUT2D eigenvalue weighted by Gasteiger charge is 2.16. The molecule has 0 fully saturated rings. The number of aromatic nitrogens is 4. The van der Waals surface area contributed by atoms with Crippen molar-refractivity contribution in [3.05, 3.63) is 41.2 Å². The topological polar surface area (TPSA) is 43.6 Å². The molecular formula is C13H17BrN4. The van der Waals surface area contributed by atoms with Crippen molar-refractivity contribution in [2.75, 3.05) is 0 Å². The third-order valence-electron chi connectivity index (χ3n) is 2.59. The molecule has 0 saturated heterocycles. The van der Waals surface area contributed by atoms with Gasteiger partial charge in [-0.15, -0.1) is 10.2 Å². The van der Waals surface area contributed by atoms with Crippen LogP contribution in [0.4, 0.5) is 0 Å². The standard InChI is InChI=1S/C13H17BrN4/c1-13(2,3)18-16-12(15-17-18)8-10-4-6-11(9-14)7-5-10/h4-7H,8-9H2,1-3H3. The normalized spacial score (nSPS) is 11.8. The average molecular weight is 309 g/mol. The van der Waals surface area contributed by atoms with Gasteiger partial charge in [0.25, 0.3) is 0 Å². The van der Waals surface area contributed by atoms with Gasteiger partial charge in [0.2, 0.25) is 0 Å². The molecule has 0 amide bonds. The highest BCUT2D eigenvalue weighted by molar-refractivity contribution is 9.08. The van der Waals surface area contributed by atoms with Crippen molar-refractivity contribution in [1.82, 2.24) is 20.2 Å². The van der Waals surface area contributed by atoms with Crippen molar-refractivity contribution in [2.45, 2.75) is 38.1 Å². The SMILES string of the molecule is CC(C)(C)n1nnc(Cc2ccc(CBr)cc2)n1. The Kier molecular flexibility index (Phi) is 3.80. The molecule has 0 atom stereocenters. The van der Waals surface area contributed by atoms with Crippen molar-refractivity contribution in [3.63, 3.8) is 0 Å². The van der Waals surface area contributed by atoms with Gasteiger partial charge in [-0.05, 0) is 37.1 Å². The number of benzene rings is 1. The molecule has 96 valence electrons. The van der Waals surface area contributed by atoms with E-state index in [1.165, 1.54) is 11.1 Å². The summed E-state index contributed by atoms with van der Waals surface area (Å²) >= 11 is 3.44. The second kappa shape index (κ2) is 5.18. The molecule has 0 N–H and O–H groups in total. The van der Waals surface area contributed by atoms with E-state index in [-0.39, 0.29) is 5.54 Å². The van der Waals surface area contributed by atoms with Crippen LogP contribution in [0.25, 0.3) is 0 Å². The molecule has 0 aliphatic heterocycles. The Balaban J connectivity index is 2.11. The first-order chi connectivity index (χ1) is 8.49. The Hall–Kier alpha value is -1.23. The van der Waals surface area contributed by atoms with Crippen molar-refractivity contribution < 1.29 is 0 Å². The Morgan fingerprint density at radius 3 is 2.22 bits per heavy atom. The summed E-state index contributed by atoms with van der Waals surface area (Å²) in [6, 6.07) is 8.43. The fourth-order valence-electron chi connectivity index (χ4n) is 1.53. The highest BCUT2D eigenvalue weighted by Crippen LogP contribution is 2.12. The van der Waals surface area contributed by atoms with E-state index in [2.05, 4.69) is 76.4 Å². The zero-order valence-electron chi connectivity index (χ0n) is 10.9. The van der Waals surface area contributed by atoms with Gasteiger partial charge in [-0.2, -0.15) is 4.80 Å². The highest BCUT2D eigenvalue weighted by atomic mass is 79.9. The Morgan fingerprint density at radius 1 is 1.11 bits per heavy atom.